The summed E-state index contributed by atoms with van der Waals surface area (Å²) in [6, 6.07) is 0. The van der Waals surface area contributed by atoms with Gasteiger partial charge in [0.05, 0.1) is 19.6 Å². The van der Waals surface area contributed by atoms with E-state index in [0.717, 1.165) is 0 Å². The van der Waals surface area contributed by atoms with Gasteiger partial charge in [-0.25, -0.2) is 0 Å². The topological polar surface area (TPSA) is 105 Å². The summed E-state index contributed by atoms with van der Waals surface area (Å²) in [5.41, 5.74) is 5.87. The molecule has 4 N–H and O–H groups in total. The molecule has 0 aromatic rings. The van der Waals surface area contributed by atoms with E-state index < -0.39 is 11.9 Å². The number of nitrogens with two attached hydrogens (primary N) is 1. The van der Waals surface area contributed by atoms with Gasteiger partial charge in [-0.05, 0) is 0 Å². The van der Waals surface area contributed by atoms with Crippen LogP contribution in [-0.2, 0) is 14.3 Å². The standard InChI is InChI=1S/C11H17N3O4/c1-8(6-11(16)17)13-10(15)7-9(12)14-2-4-18-5-3-14/h7H,1-6,12H2,(H,13,15)(H,16,17)/b9-7+. The van der Waals surface area contributed by atoms with Crippen LogP contribution in [0, 0.1) is 0 Å². The summed E-state index contributed by atoms with van der Waals surface area (Å²) < 4.78 is 5.16. The van der Waals surface area contributed by atoms with Crippen molar-refractivity contribution in [3.05, 3.63) is 24.2 Å². The van der Waals surface area contributed by atoms with E-state index in [0.29, 0.717) is 32.1 Å². The maximum atomic E-state index is 11.5. The van der Waals surface area contributed by atoms with Gasteiger partial charge in [0.15, 0.2) is 0 Å². The van der Waals surface area contributed by atoms with E-state index in [1.54, 1.807) is 0 Å². The molecule has 1 amide bonds. The Morgan fingerprint density at radius 1 is 1.44 bits per heavy atom. The number of carboxylic acid groups (broad SMARTS) is 1. The van der Waals surface area contributed by atoms with Crippen molar-refractivity contribution < 1.29 is 19.4 Å². The van der Waals surface area contributed by atoms with Crippen LogP contribution in [0.4, 0.5) is 0 Å². The Bertz CT molecular complexity index is 372. The van der Waals surface area contributed by atoms with Gasteiger partial charge >= 0.3 is 5.97 Å². The first-order chi connectivity index (χ1) is 8.49. The molecule has 0 aromatic carbocycles. The molecule has 0 radical (unpaired) electrons. The molecule has 0 atom stereocenters. The second-order valence-corrected chi connectivity index (χ2v) is 3.83. The lowest BCUT2D eigenvalue weighted by molar-refractivity contribution is -0.136. The monoisotopic (exact) mass is 255 g/mol. The van der Waals surface area contributed by atoms with Crippen LogP contribution in [0.1, 0.15) is 6.42 Å². The summed E-state index contributed by atoms with van der Waals surface area (Å²) >= 11 is 0. The van der Waals surface area contributed by atoms with Gasteiger partial charge in [0.1, 0.15) is 5.82 Å². The molecule has 1 rings (SSSR count). The SMILES string of the molecule is C=C(CC(=O)O)NC(=O)/C=C(\N)N1CCOCC1. The molecule has 1 fully saturated rings. The van der Waals surface area contributed by atoms with Crippen LogP contribution >= 0.6 is 0 Å². The van der Waals surface area contributed by atoms with Crippen molar-refractivity contribution in [1.29, 1.82) is 0 Å². The number of nitrogens with one attached hydrogen (secondary N) is 1. The van der Waals surface area contributed by atoms with Crippen LogP contribution in [0.25, 0.3) is 0 Å². The summed E-state index contributed by atoms with van der Waals surface area (Å²) in [5.74, 6) is -1.20. The lowest BCUT2D eigenvalue weighted by atomic mass is 10.3. The van der Waals surface area contributed by atoms with Gasteiger partial charge in [0.2, 0.25) is 0 Å². The van der Waals surface area contributed by atoms with Gasteiger partial charge in [-0.3, -0.25) is 9.59 Å². The molecule has 1 heterocycles. The number of carbonyl (C=O) groups is 2. The van der Waals surface area contributed by atoms with Gasteiger partial charge in [-0.1, -0.05) is 6.58 Å². The zero-order valence-corrected chi connectivity index (χ0v) is 10.0. The summed E-state index contributed by atoms with van der Waals surface area (Å²) in [7, 11) is 0. The van der Waals surface area contributed by atoms with E-state index in [1.165, 1.54) is 6.08 Å². The fraction of sp³-hybridized carbons (Fsp3) is 0.455. The van der Waals surface area contributed by atoms with Crippen molar-refractivity contribution in [2.75, 3.05) is 26.3 Å². The third-order valence-electron chi connectivity index (χ3n) is 2.32. The number of carbonyl (C=O) groups excluding carboxylic acids is 1. The average molecular weight is 255 g/mol. The molecule has 0 spiro atoms. The Morgan fingerprint density at radius 3 is 2.61 bits per heavy atom. The Hall–Kier alpha value is -2.02. The lowest BCUT2D eigenvalue weighted by Gasteiger charge is -2.28. The van der Waals surface area contributed by atoms with Crippen LogP contribution in [0.15, 0.2) is 24.2 Å². The average Bonchev–Trinajstić information content (AvgIpc) is 2.28. The van der Waals surface area contributed by atoms with Gasteiger partial charge < -0.3 is 25.8 Å². The molecule has 7 heteroatoms. The molecule has 0 bridgehead atoms. The van der Waals surface area contributed by atoms with Gasteiger partial charge in [-0.15, -0.1) is 0 Å². The molecule has 0 aromatic heterocycles. The fourth-order valence-corrected chi connectivity index (χ4v) is 1.48. The summed E-state index contributed by atoms with van der Waals surface area (Å²) in [6.07, 6.45) is 0.912. The minimum atomic E-state index is -1.05. The van der Waals surface area contributed by atoms with Crippen molar-refractivity contribution in [1.82, 2.24) is 10.2 Å². The van der Waals surface area contributed by atoms with Crippen molar-refractivity contribution >= 4 is 11.9 Å². The summed E-state index contributed by atoms with van der Waals surface area (Å²) in [6.45, 7) is 5.84. The maximum absolute atomic E-state index is 11.5. The highest BCUT2D eigenvalue weighted by atomic mass is 16.5. The number of morpholine rings is 1. The Labute approximate surface area is 105 Å². The molecule has 0 aliphatic carbocycles. The van der Waals surface area contributed by atoms with E-state index in [2.05, 4.69) is 11.9 Å². The Balaban J connectivity index is 2.46. The van der Waals surface area contributed by atoms with E-state index >= 15 is 0 Å². The molecule has 1 saturated heterocycles. The predicted octanol–water partition coefficient (Wildman–Crippen LogP) is -0.777. The molecule has 100 valence electrons. The number of nitrogens with zero attached hydrogens (tertiary/aromatic N) is 1. The van der Waals surface area contributed by atoms with Crippen molar-refractivity contribution in [2.24, 2.45) is 5.73 Å². The minimum Gasteiger partial charge on any atom is -0.481 e. The number of carboxylic acids is 1. The predicted molar refractivity (Wildman–Crippen MR) is 64.2 cm³/mol. The summed E-state index contributed by atoms with van der Waals surface area (Å²) in [5, 5.41) is 10.9. The molecule has 1 aliphatic rings. The van der Waals surface area contributed by atoms with Crippen LogP contribution in [0.3, 0.4) is 0 Å². The quantitative estimate of drug-likeness (QED) is 0.557. The lowest BCUT2D eigenvalue weighted by Crippen LogP contribution is -2.39. The molecule has 0 saturated carbocycles. The number of rotatable bonds is 5. The first-order valence-electron chi connectivity index (χ1n) is 5.49. The van der Waals surface area contributed by atoms with Crippen LogP contribution in [0.2, 0.25) is 0 Å². The molecule has 1 aliphatic heterocycles. The first-order valence-corrected chi connectivity index (χ1v) is 5.49. The zero-order chi connectivity index (χ0) is 13.5. The minimum absolute atomic E-state index is 0.124. The van der Waals surface area contributed by atoms with Gasteiger partial charge in [-0.2, -0.15) is 0 Å². The Morgan fingerprint density at radius 2 is 2.06 bits per heavy atom. The van der Waals surface area contributed by atoms with E-state index in [-0.39, 0.29) is 12.1 Å². The number of hydrogen-bond donors (Lipinski definition) is 3. The third kappa shape index (κ3) is 4.88. The number of ether oxygens (including phenoxy) is 1. The van der Waals surface area contributed by atoms with Crippen LogP contribution in [0.5, 0.6) is 0 Å². The van der Waals surface area contributed by atoms with Gasteiger partial charge in [0.25, 0.3) is 5.91 Å². The molecular weight excluding hydrogens is 238 g/mol. The van der Waals surface area contributed by atoms with E-state index in [1.807, 2.05) is 4.90 Å². The highest BCUT2D eigenvalue weighted by Gasteiger charge is 2.12. The smallest absolute Gasteiger partial charge is 0.309 e. The fourth-order valence-electron chi connectivity index (χ4n) is 1.48. The number of aliphatic carboxylic acids is 1. The zero-order valence-electron chi connectivity index (χ0n) is 10.0. The van der Waals surface area contributed by atoms with Crippen LogP contribution in [-0.4, -0.2) is 48.2 Å². The van der Waals surface area contributed by atoms with Crippen molar-refractivity contribution in [3.8, 4) is 0 Å². The number of amides is 1. The normalized spacial score (nSPS) is 16.2. The maximum Gasteiger partial charge on any atom is 0.309 e. The highest BCUT2D eigenvalue weighted by Crippen LogP contribution is 2.02. The molecule has 0 unspecified atom stereocenters. The number of hydrogen-bond acceptors (Lipinski definition) is 5. The second-order valence-electron chi connectivity index (χ2n) is 3.83. The highest BCUT2D eigenvalue weighted by molar-refractivity contribution is 5.89. The summed E-state index contributed by atoms with van der Waals surface area (Å²) in [4.78, 5) is 23.7. The molecule has 18 heavy (non-hydrogen) atoms. The Kier molecular flexibility index (Phi) is 5.19. The largest absolute Gasteiger partial charge is 0.481 e. The molecule has 7 nitrogen and oxygen atoms in total. The van der Waals surface area contributed by atoms with E-state index in [9.17, 15) is 9.59 Å². The first kappa shape index (κ1) is 14.0. The van der Waals surface area contributed by atoms with Crippen molar-refractivity contribution in [2.45, 2.75) is 6.42 Å². The second kappa shape index (κ2) is 6.65. The molecular formula is C11H17N3O4. The van der Waals surface area contributed by atoms with Crippen molar-refractivity contribution in [3.63, 3.8) is 0 Å². The van der Waals surface area contributed by atoms with E-state index in [4.69, 9.17) is 15.6 Å². The van der Waals surface area contributed by atoms with Crippen LogP contribution < -0.4 is 11.1 Å². The van der Waals surface area contributed by atoms with Gasteiger partial charge in [0, 0.05) is 24.9 Å². The third-order valence-corrected chi connectivity index (χ3v) is 2.32.